The third-order valence-electron chi connectivity index (χ3n) is 6.34. The highest BCUT2D eigenvalue weighted by Gasteiger charge is 2.33. The molecule has 2 amide bonds. The van der Waals surface area contributed by atoms with Gasteiger partial charge in [-0.2, -0.15) is 4.98 Å². The third-order valence-corrected chi connectivity index (χ3v) is 7.87. The van der Waals surface area contributed by atoms with E-state index in [0.29, 0.717) is 32.9 Å². The van der Waals surface area contributed by atoms with Gasteiger partial charge in [-0.15, -0.1) is 0 Å². The van der Waals surface area contributed by atoms with Gasteiger partial charge >= 0.3 is 11.2 Å². The van der Waals surface area contributed by atoms with E-state index in [2.05, 4.69) is 15.5 Å². The predicted molar refractivity (Wildman–Crippen MR) is 144 cm³/mol. The van der Waals surface area contributed by atoms with Crippen LogP contribution in [0.1, 0.15) is 28.5 Å². The fourth-order valence-electron chi connectivity index (χ4n) is 4.38. The molecule has 1 aliphatic rings. The van der Waals surface area contributed by atoms with Crippen molar-refractivity contribution in [3.8, 4) is 11.6 Å². The van der Waals surface area contributed by atoms with Crippen LogP contribution in [0.3, 0.4) is 0 Å². The molecule has 3 heterocycles. The number of nitrogens with one attached hydrogen (secondary N) is 1. The summed E-state index contributed by atoms with van der Waals surface area (Å²) in [5.41, 5.74) is 1.33. The maximum Gasteiger partial charge on any atom is 0.413 e. The van der Waals surface area contributed by atoms with Crippen LogP contribution >= 0.6 is 23.2 Å². The number of nitrogens with zero attached hydrogens (tertiary/aromatic N) is 4. The molecule has 2 aromatic heterocycles. The first kappa shape index (κ1) is 27.0. The fraction of sp³-hybridized carbons (Fsp3) is 0.240. The van der Waals surface area contributed by atoms with Crippen LogP contribution in [0.4, 0.5) is 4.79 Å². The Morgan fingerprint density at radius 1 is 1.21 bits per heavy atom. The van der Waals surface area contributed by atoms with E-state index in [4.69, 9.17) is 32.5 Å². The molecule has 0 fully saturated rings. The molecule has 0 spiro atoms. The van der Waals surface area contributed by atoms with Crippen LogP contribution < -0.4 is 15.6 Å². The standard InChI is InChI=1S/C25H21Cl2N5O6S/c1-12-8-16-19(11-31(12)22(33)13-4-7-17(26)18(27)9-13)29-24(39(3)36)32(23(16)34)14-5-6-15-20(10-14)38-30-21(15)37-25(35)28-2/h4-7,9-10,12H,8,11H2,1-3H3,(H,28,35)/t12-,39?/m1/s1. The van der Waals surface area contributed by atoms with Gasteiger partial charge in [-0.05, 0) is 48.8 Å². The maximum absolute atomic E-state index is 13.8. The van der Waals surface area contributed by atoms with E-state index in [1.54, 1.807) is 29.2 Å². The average Bonchev–Trinajstić information content (AvgIpc) is 3.31. The summed E-state index contributed by atoms with van der Waals surface area (Å²) in [7, 11) is 1.41. The minimum absolute atomic E-state index is 0.0101. The lowest BCUT2D eigenvalue weighted by Crippen LogP contribution is -2.46. The molecular formula is C25H21Cl2N5O6S. The summed E-state index contributed by atoms with van der Waals surface area (Å²) in [4.78, 5) is 44.8. The molecule has 1 aliphatic heterocycles. The lowest BCUT2D eigenvalue weighted by molar-refractivity contribution is 0.0652. The van der Waals surface area contributed by atoms with Crippen molar-refractivity contribution >= 4 is 57.3 Å². The van der Waals surface area contributed by atoms with Crippen LogP contribution in [0, 0.1) is 0 Å². The normalized spacial score (nSPS) is 15.6. The van der Waals surface area contributed by atoms with E-state index in [0.717, 1.165) is 0 Å². The number of fused-ring (bicyclic) bond motifs is 2. The fourth-order valence-corrected chi connectivity index (χ4v) is 5.36. The van der Waals surface area contributed by atoms with Crippen LogP contribution in [0.15, 0.2) is 50.9 Å². The number of ether oxygens (including phenoxy) is 1. The van der Waals surface area contributed by atoms with E-state index in [-0.39, 0.29) is 46.6 Å². The molecule has 0 saturated carbocycles. The molecule has 14 heteroatoms. The molecule has 2 atom stereocenters. The number of hydrogen-bond acceptors (Lipinski definition) is 8. The number of carbonyl (C=O) groups is 2. The number of halogens is 2. The SMILES string of the molecule is CNC(=O)Oc1noc2cc(-n3c([S+](C)[O-])nc4c(c3=O)C[C@@H](C)N(C(=O)c3ccc(Cl)c(Cl)c3)C4)ccc12. The summed E-state index contributed by atoms with van der Waals surface area (Å²) in [6, 6.07) is 8.99. The molecule has 2 aromatic carbocycles. The Kier molecular flexibility index (Phi) is 7.29. The first-order valence-electron chi connectivity index (χ1n) is 11.6. The minimum Gasteiger partial charge on any atom is -0.609 e. The molecule has 4 aromatic rings. The smallest absolute Gasteiger partial charge is 0.413 e. The number of hydrogen-bond donors (Lipinski definition) is 1. The minimum atomic E-state index is -1.67. The number of rotatable bonds is 4. The Labute approximate surface area is 234 Å². The first-order chi connectivity index (χ1) is 18.6. The van der Waals surface area contributed by atoms with Crippen LogP contribution in [-0.4, -0.2) is 55.5 Å². The van der Waals surface area contributed by atoms with Gasteiger partial charge in [-0.1, -0.05) is 23.2 Å². The van der Waals surface area contributed by atoms with Gasteiger partial charge in [0, 0.05) is 41.5 Å². The maximum atomic E-state index is 13.8. The summed E-state index contributed by atoms with van der Waals surface area (Å²) < 4.78 is 24.4. The summed E-state index contributed by atoms with van der Waals surface area (Å²) in [6.07, 6.45) is 0.935. The Morgan fingerprint density at radius 2 is 1.97 bits per heavy atom. The molecule has 5 rings (SSSR count). The average molecular weight is 590 g/mol. The van der Waals surface area contributed by atoms with Crippen molar-refractivity contribution < 1.29 is 23.4 Å². The van der Waals surface area contributed by atoms with E-state index < -0.39 is 22.8 Å². The van der Waals surface area contributed by atoms with E-state index in [1.807, 2.05) is 6.92 Å². The predicted octanol–water partition coefficient (Wildman–Crippen LogP) is 3.72. The Bertz CT molecular complexity index is 1690. The highest BCUT2D eigenvalue weighted by molar-refractivity contribution is 7.90. The van der Waals surface area contributed by atoms with Crippen molar-refractivity contribution in [2.45, 2.75) is 31.1 Å². The van der Waals surface area contributed by atoms with Gasteiger partial charge in [0.25, 0.3) is 17.3 Å². The molecule has 0 radical (unpaired) electrons. The quantitative estimate of drug-likeness (QED) is 0.280. The summed E-state index contributed by atoms with van der Waals surface area (Å²) in [6.45, 7) is 1.89. The van der Waals surface area contributed by atoms with E-state index in [9.17, 15) is 18.9 Å². The van der Waals surface area contributed by atoms with Crippen molar-refractivity contribution in [2.75, 3.05) is 13.3 Å². The molecular weight excluding hydrogens is 569 g/mol. The highest BCUT2D eigenvalue weighted by Crippen LogP contribution is 2.30. The molecule has 202 valence electrons. The zero-order valence-electron chi connectivity index (χ0n) is 20.9. The van der Waals surface area contributed by atoms with Crippen molar-refractivity contribution in [3.05, 3.63) is 73.6 Å². The molecule has 39 heavy (non-hydrogen) atoms. The molecule has 1 N–H and O–H groups in total. The largest absolute Gasteiger partial charge is 0.609 e. The lowest BCUT2D eigenvalue weighted by Gasteiger charge is -2.34. The number of carbonyl (C=O) groups excluding carboxylic acids is 2. The highest BCUT2D eigenvalue weighted by atomic mass is 35.5. The van der Waals surface area contributed by atoms with Gasteiger partial charge in [0.2, 0.25) is 0 Å². The Hall–Kier alpha value is -3.58. The van der Waals surface area contributed by atoms with Gasteiger partial charge in [0.05, 0.1) is 33.4 Å². The second-order valence-electron chi connectivity index (χ2n) is 8.84. The zero-order valence-corrected chi connectivity index (χ0v) is 23.2. The number of aromatic nitrogens is 3. The number of amides is 2. The van der Waals surface area contributed by atoms with Gasteiger partial charge in [-0.25, -0.2) is 9.36 Å². The van der Waals surface area contributed by atoms with Gasteiger partial charge in [0.15, 0.2) is 5.58 Å². The van der Waals surface area contributed by atoms with Gasteiger partial charge < -0.3 is 24.0 Å². The summed E-state index contributed by atoms with van der Waals surface area (Å²) in [5.74, 6) is -0.325. The molecule has 1 unspecified atom stereocenters. The first-order valence-corrected chi connectivity index (χ1v) is 13.9. The number of benzene rings is 2. The Morgan fingerprint density at radius 3 is 2.67 bits per heavy atom. The van der Waals surface area contributed by atoms with Gasteiger partial charge in [0.1, 0.15) is 6.26 Å². The van der Waals surface area contributed by atoms with Crippen molar-refractivity contribution in [1.82, 2.24) is 24.9 Å². The molecule has 0 aliphatic carbocycles. The molecule has 0 bridgehead atoms. The lowest BCUT2D eigenvalue weighted by atomic mass is 9.98. The van der Waals surface area contributed by atoms with Crippen LogP contribution in [0.25, 0.3) is 16.7 Å². The van der Waals surface area contributed by atoms with Crippen molar-refractivity contribution in [2.24, 2.45) is 0 Å². The van der Waals surface area contributed by atoms with E-state index >= 15 is 0 Å². The van der Waals surface area contributed by atoms with Crippen LogP contribution in [0.5, 0.6) is 5.88 Å². The summed E-state index contributed by atoms with van der Waals surface area (Å²) >= 11 is 10.4. The second kappa shape index (κ2) is 10.5. The molecule has 11 nitrogen and oxygen atoms in total. The second-order valence-corrected chi connectivity index (χ2v) is 10.9. The Balaban J connectivity index is 1.54. The van der Waals surface area contributed by atoms with Crippen LogP contribution in [-0.2, 0) is 24.1 Å². The topological polar surface area (TPSA) is 143 Å². The monoisotopic (exact) mass is 589 g/mol. The van der Waals surface area contributed by atoms with E-state index in [1.165, 1.54) is 30.0 Å². The van der Waals surface area contributed by atoms with Crippen LogP contribution in [0.2, 0.25) is 10.0 Å². The van der Waals surface area contributed by atoms with Gasteiger partial charge in [-0.3, -0.25) is 9.59 Å². The zero-order chi connectivity index (χ0) is 28.0. The molecule has 0 saturated heterocycles. The summed E-state index contributed by atoms with van der Waals surface area (Å²) in [5, 5.41) is 7.10. The third kappa shape index (κ3) is 4.96. The van der Waals surface area contributed by atoms with Crippen molar-refractivity contribution in [3.63, 3.8) is 0 Å². The van der Waals surface area contributed by atoms with Crippen molar-refractivity contribution in [1.29, 1.82) is 0 Å².